The number of halogens is 1. The monoisotopic (exact) mass is 365 g/mol. The van der Waals surface area contributed by atoms with Crippen molar-refractivity contribution >= 4 is 39.8 Å². The molecule has 1 aromatic heterocycles. The highest BCUT2D eigenvalue weighted by Crippen LogP contribution is 2.27. The first-order valence-corrected chi connectivity index (χ1v) is 9.29. The Hall–Kier alpha value is -2.59. The second-order valence-corrected chi connectivity index (χ2v) is 7.01. The lowest BCUT2D eigenvalue weighted by Crippen LogP contribution is -2.35. The Bertz CT molecular complexity index is 934. The van der Waals surface area contributed by atoms with Crippen LogP contribution in [0.3, 0.4) is 0 Å². The topological polar surface area (TPSA) is 45.2 Å². The Labute approximate surface area is 157 Å². The van der Waals surface area contributed by atoms with Crippen LogP contribution >= 0.6 is 11.6 Å². The van der Waals surface area contributed by atoms with Gasteiger partial charge in [0.1, 0.15) is 0 Å². The van der Waals surface area contributed by atoms with Crippen LogP contribution in [0.15, 0.2) is 54.7 Å². The van der Waals surface area contributed by atoms with Crippen LogP contribution in [0.4, 0.5) is 11.4 Å². The van der Waals surface area contributed by atoms with Crippen molar-refractivity contribution in [3.8, 4) is 0 Å². The maximum Gasteiger partial charge on any atom is 0.253 e. The molecule has 1 fully saturated rings. The normalized spacial score (nSPS) is 14.4. The van der Waals surface area contributed by atoms with Crippen LogP contribution in [0.5, 0.6) is 0 Å². The van der Waals surface area contributed by atoms with Crippen LogP contribution in [0.25, 0.3) is 10.9 Å². The summed E-state index contributed by atoms with van der Waals surface area (Å²) in [6.07, 6.45) is 5.18. The van der Waals surface area contributed by atoms with Crippen LogP contribution < -0.4 is 5.32 Å². The molecule has 0 saturated carbocycles. The minimum Gasteiger partial charge on any atom is -0.355 e. The van der Waals surface area contributed by atoms with Crippen molar-refractivity contribution in [2.75, 3.05) is 18.4 Å². The molecule has 26 heavy (non-hydrogen) atoms. The number of fused-ring (bicyclic) bond motifs is 1. The molecule has 4 rings (SSSR count). The minimum atomic E-state index is 0.125. The number of nitrogens with zero attached hydrogens (tertiary/aromatic N) is 2. The molecule has 1 aliphatic heterocycles. The van der Waals surface area contributed by atoms with Gasteiger partial charge in [0.2, 0.25) is 0 Å². The van der Waals surface area contributed by atoms with E-state index in [0.717, 1.165) is 53.8 Å². The molecule has 0 aliphatic carbocycles. The van der Waals surface area contributed by atoms with Crippen LogP contribution in [0.2, 0.25) is 5.02 Å². The standard InChI is InChI=1S/C21H20ClN3O/c22-16-6-9-18-19(10-11-23-20(18)14-16)24-17-7-4-15(5-8-17)21(26)25-12-2-1-3-13-25/h4-11,14H,1-3,12-13H2,(H,23,24). The number of likely N-dealkylation sites (tertiary alicyclic amines) is 1. The van der Waals surface area contributed by atoms with Gasteiger partial charge in [-0.3, -0.25) is 9.78 Å². The number of piperidine rings is 1. The van der Waals surface area contributed by atoms with Gasteiger partial charge in [-0.1, -0.05) is 11.6 Å². The number of benzene rings is 2. The molecule has 4 nitrogen and oxygen atoms in total. The fourth-order valence-electron chi connectivity index (χ4n) is 3.36. The molecule has 2 aromatic carbocycles. The number of aromatic nitrogens is 1. The van der Waals surface area contributed by atoms with Gasteiger partial charge in [-0.05, 0) is 67.8 Å². The highest BCUT2D eigenvalue weighted by molar-refractivity contribution is 6.31. The molecule has 1 amide bonds. The number of carbonyl (C=O) groups excluding carboxylic acids is 1. The molecular weight excluding hydrogens is 346 g/mol. The summed E-state index contributed by atoms with van der Waals surface area (Å²) < 4.78 is 0. The summed E-state index contributed by atoms with van der Waals surface area (Å²) >= 11 is 6.05. The fourth-order valence-corrected chi connectivity index (χ4v) is 3.53. The number of carbonyl (C=O) groups is 1. The quantitative estimate of drug-likeness (QED) is 0.688. The Morgan fingerprint density at radius 2 is 1.77 bits per heavy atom. The third kappa shape index (κ3) is 3.51. The zero-order valence-corrected chi connectivity index (χ0v) is 15.2. The molecule has 1 saturated heterocycles. The van der Waals surface area contributed by atoms with E-state index in [-0.39, 0.29) is 5.91 Å². The highest BCUT2D eigenvalue weighted by atomic mass is 35.5. The number of nitrogens with one attached hydrogen (secondary N) is 1. The Morgan fingerprint density at radius 3 is 2.54 bits per heavy atom. The van der Waals surface area contributed by atoms with Crippen molar-refractivity contribution in [2.24, 2.45) is 0 Å². The maximum atomic E-state index is 12.6. The van der Waals surface area contributed by atoms with Gasteiger partial charge in [0.25, 0.3) is 5.91 Å². The summed E-state index contributed by atoms with van der Waals surface area (Å²) in [5, 5.41) is 5.08. The van der Waals surface area contributed by atoms with E-state index >= 15 is 0 Å². The van der Waals surface area contributed by atoms with Crippen molar-refractivity contribution in [3.63, 3.8) is 0 Å². The van der Waals surface area contributed by atoms with E-state index in [2.05, 4.69) is 10.3 Å². The molecule has 5 heteroatoms. The first-order chi connectivity index (χ1) is 12.7. The third-order valence-electron chi connectivity index (χ3n) is 4.76. The number of amides is 1. The number of rotatable bonds is 3. The highest BCUT2D eigenvalue weighted by Gasteiger charge is 2.17. The van der Waals surface area contributed by atoms with Crippen molar-refractivity contribution < 1.29 is 4.79 Å². The van der Waals surface area contributed by atoms with E-state index in [0.29, 0.717) is 5.02 Å². The van der Waals surface area contributed by atoms with Gasteiger partial charge in [0, 0.05) is 46.6 Å². The molecule has 3 aromatic rings. The summed E-state index contributed by atoms with van der Waals surface area (Å²) in [4.78, 5) is 18.9. The third-order valence-corrected chi connectivity index (χ3v) is 4.99. The van der Waals surface area contributed by atoms with E-state index < -0.39 is 0 Å². The van der Waals surface area contributed by atoms with E-state index in [1.807, 2.05) is 53.4 Å². The lowest BCUT2D eigenvalue weighted by molar-refractivity contribution is 0.0724. The van der Waals surface area contributed by atoms with Crippen LogP contribution in [-0.2, 0) is 0 Å². The average Bonchev–Trinajstić information content (AvgIpc) is 2.69. The van der Waals surface area contributed by atoms with Crippen LogP contribution in [0.1, 0.15) is 29.6 Å². The van der Waals surface area contributed by atoms with Gasteiger partial charge in [-0.2, -0.15) is 0 Å². The zero-order chi connectivity index (χ0) is 17.9. The molecule has 2 heterocycles. The summed E-state index contributed by atoms with van der Waals surface area (Å²) in [5.74, 6) is 0.125. The predicted octanol–water partition coefficient (Wildman–Crippen LogP) is 5.26. The summed E-state index contributed by atoms with van der Waals surface area (Å²) in [6, 6.07) is 15.3. The smallest absolute Gasteiger partial charge is 0.253 e. The lowest BCUT2D eigenvalue weighted by Gasteiger charge is -2.26. The average molecular weight is 366 g/mol. The number of hydrogen-bond acceptors (Lipinski definition) is 3. The van der Waals surface area contributed by atoms with Gasteiger partial charge >= 0.3 is 0 Å². The summed E-state index contributed by atoms with van der Waals surface area (Å²) in [6.45, 7) is 1.73. The lowest BCUT2D eigenvalue weighted by atomic mass is 10.1. The molecule has 0 atom stereocenters. The first-order valence-electron chi connectivity index (χ1n) is 8.91. The second-order valence-electron chi connectivity index (χ2n) is 6.58. The van der Waals surface area contributed by atoms with Crippen molar-refractivity contribution in [1.29, 1.82) is 0 Å². The Kier molecular flexibility index (Phi) is 4.76. The van der Waals surface area contributed by atoms with E-state index in [1.54, 1.807) is 6.20 Å². The number of anilines is 2. The molecule has 0 unspecified atom stereocenters. The van der Waals surface area contributed by atoms with Crippen LogP contribution in [-0.4, -0.2) is 28.9 Å². The largest absolute Gasteiger partial charge is 0.355 e. The maximum absolute atomic E-state index is 12.6. The zero-order valence-electron chi connectivity index (χ0n) is 14.4. The predicted molar refractivity (Wildman–Crippen MR) is 106 cm³/mol. The molecule has 1 N–H and O–H groups in total. The van der Waals surface area contributed by atoms with Gasteiger partial charge in [-0.15, -0.1) is 0 Å². The van der Waals surface area contributed by atoms with Gasteiger partial charge in [-0.25, -0.2) is 0 Å². The Balaban J connectivity index is 1.54. The molecular formula is C21H20ClN3O. The second kappa shape index (κ2) is 7.34. The van der Waals surface area contributed by atoms with Crippen molar-refractivity contribution in [2.45, 2.75) is 19.3 Å². The van der Waals surface area contributed by atoms with Gasteiger partial charge in [0.05, 0.1) is 5.52 Å². The SMILES string of the molecule is O=C(c1ccc(Nc2ccnc3cc(Cl)ccc23)cc1)N1CCCCC1. The first kappa shape index (κ1) is 16.9. The van der Waals surface area contributed by atoms with Crippen molar-refractivity contribution in [3.05, 3.63) is 65.3 Å². The van der Waals surface area contributed by atoms with E-state index in [4.69, 9.17) is 11.6 Å². The Morgan fingerprint density at radius 1 is 1.00 bits per heavy atom. The summed E-state index contributed by atoms with van der Waals surface area (Å²) in [7, 11) is 0. The fraction of sp³-hybridized carbons (Fsp3) is 0.238. The van der Waals surface area contributed by atoms with E-state index in [1.165, 1.54) is 6.42 Å². The van der Waals surface area contributed by atoms with Crippen LogP contribution in [0, 0.1) is 0 Å². The molecule has 1 aliphatic rings. The molecule has 0 radical (unpaired) electrons. The molecule has 132 valence electrons. The number of pyridine rings is 1. The van der Waals surface area contributed by atoms with E-state index in [9.17, 15) is 4.79 Å². The molecule has 0 spiro atoms. The minimum absolute atomic E-state index is 0.125. The van der Waals surface area contributed by atoms with Gasteiger partial charge < -0.3 is 10.2 Å². The summed E-state index contributed by atoms with van der Waals surface area (Å²) in [5.41, 5.74) is 3.48. The number of hydrogen-bond donors (Lipinski definition) is 1. The van der Waals surface area contributed by atoms with Crippen molar-refractivity contribution in [1.82, 2.24) is 9.88 Å². The van der Waals surface area contributed by atoms with Gasteiger partial charge in [0.15, 0.2) is 0 Å². The molecule has 0 bridgehead atoms.